The first-order valence-electron chi connectivity index (χ1n) is 11.3. The van der Waals surface area contributed by atoms with E-state index in [4.69, 9.17) is 0 Å². The first-order valence-corrected chi connectivity index (χ1v) is 12.7. The van der Waals surface area contributed by atoms with Gasteiger partial charge in [-0.1, -0.05) is 11.3 Å². The van der Waals surface area contributed by atoms with Crippen LogP contribution in [0.1, 0.15) is 36.9 Å². The minimum Gasteiger partial charge on any atom is -0.365 e. The van der Waals surface area contributed by atoms with Crippen LogP contribution in [0.3, 0.4) is 0 Å². The second-order valence-electron chi connectivity index (χ2n) is 8.14. The van der Waals surface area contributed by atoms with Gasteiger partial charge >= 0.3 is 0 Å². The Labute approximate surface area is 194 Å². The summed E-state index contributed by atoms with van der Waals surface area (Å²) in [5, 5.41) is 10.8. The highest BCUT2D eigenvalue weighted by Gasteiger charge is 2.20. The van der Waals surface area contributed by atoms with Gasteiger partial charge in [-0.05, 0) is 56.4 Å². The van der Waals surface area contributed by atoms with Gasteiger partial charge in [0.2, 0.25) is 10.0 Å². The topological polar surface area (TPSA) is 118 Å². The molecule has 1 saturated heterocycles. The Morgan fingerprint density at radius 1 is 1.09 bits per heavy atom. The first kappa shape index (κ1) is 23.1. The van der Waals surface area contributed by atoms with Crippen molar-refractivity contribution in [2.75, 3.05) is 29.9 Å². The molecule has 0 amide bonds. The Kier molecular flexibility index (Phi) is 7.50. The number of nitrogens with one attached hydrogen (secondary N) is 2. The fourth-order valence-corrected chi connectivity index (χ4v) is 4.97. The van der Waals surface area contributed by atoms with Crippen LogP contribution in [0.25, 0.3) is 0 Å². The van der Waals surface area contributed by atoms with E-state index in [0.717, 1.165) is 30.2 Å². The van der Waals surface area contributed by atoms with Crippen molar-refractivity contribution in [2.45, 2.75) is 50.6 Å². The Hall–Kier alpha value is -3.05. The van der Waals surface area contributed by atoms with E-state index in [0.29, 0.717) is 25.3 Å². The lowest BCUT2D eigenvalue weighted by atomic mass is 10.1. The third-order valence-corrected chi connectivity index (χ3v) is 7.06. The van der Waals surface area contributed by atoms with Crippen LogP contribution in [-0.2, 0) is 23.1 Å². The standard InChI is InChI=1S/C22H30N8O2S/c1-18-6-8-20(33(31,32)26-10-5-14-30-15-11-25-28-30)22(27-18)24-17-19-7-9-21(23-16-19)29-12-3-2-4-13-29/h6-9,11,15-16,26H,2-5,10,12-14,17H2,1H3,(H,24,27). The molecule has 0 saturated carbocycles. The molecule has 0 radical (unpaired) electrons. The fourth-order valence-electron chi connectivity index (χ4n) is 3.78. The molecule has 0 unspecified atom stereocenters. The van der Waals surface area contributed by atoms with Crippen LogP contribution in [0.5, 0.6) is 0 Å². The maximum absolute atomic E-state index is 12.9. The smallest absolute Gasteiger partial charge is 0.244 e. The van der Waals surface area contributed by atoms with Gasteiger partial charge in [-0.3, -0.25) is 4.68 Å². The molecule has 1 aliphatic heterocycles. The van der Waals surface area contributed by atoms with Crippen molar-refractivity contribution < 1.29 is 8.42 Å². The molecule has 0 aromatic carbocycles. The molecule has 1 fully saturated rings. The van der Waals surface area contributed by atoms with Gasteiger partial charge in [-0.2, -0.15) is 0 Å². The maximum atomic E-state index is 12.9. The molecule has 3 aromatic rings. The molecule has 3 aromatic heterocycles. The van der Waals surface area contributed by atoms with Crippen LogP contribution in [-0.4, -0.2) is 53.0 Å². The van der Waals surface area contributed by atoms with E-state index in [9.17, 15) is 8.42 Å². The summed E-state index contributed by atoms with van der Waals surface area (Å²) in [6.07, 6.45) is 9.46. The monoisotopic (exact) mass is 470 g/mol. The van der Waals surface area contributed by atoms with Crippen molar-refractivity contribution in [3.63, 3.8) is 0 Å². The Morgan fingerprint density at radius 2 is 1.94 bits per heavy atom. The fraction of sp³-hybridized carbons (Fsp3) is 0.455. The summed E-state index contributed by atoms with van der Waals surface area (Å²) < 4.78 is 30.1. The van der Waals surface area contributed by atoms with E-state index < -0.39 is 10.0 Å². The quantitative estimate of drug-likeness (QED) is 0.434. The third-order valence-electron chi connectivity index (χ3n) is 5.56. The zero-order valence-electron chi connectivity index (χ0n) is 18.8. The molecule has 11 heteroatoms. The molecular formula is C22H30N8O2S. The summed E-state index contributed by atoms with van der Waals surface area (Å²) in [6, 6.07) is 7.34. The minimum absolute atomic E-state index is 0.131. The molecule has 176 valence electrons. The highest BCUT2D eigenvalue weighted by atomic mass is 32.2. The molecular weight excluding hydrogens is 440 g/mol. The Morgan fingerprint density at radius 3 is 2.67 bits per heavy atom. The van der Waals surface area contributed by atoms with Crippen molar-refractivity contribution in [3.8, 4) is 0 Å². The number of piperidine rings is 1. The number of sulfonamides is 1. The van der Waals surface area contributed by atoms with Crippen molar-refractivity contribution in [1.82, 2.24) is 29.7 Å². The lowest BCUT2D eigenvalue weighted by molar-refractivity contribution is 0.542. The molecule has 2 N–H and O–H groups in total. The SMILES string of the molecule is Cc1ccc(S(=O)(=O)NCCCn2ccnn2)c(NCc2ccc(N3CCCCC3)nc2)n1. The van der Waals surface area contributed by atoms with Crippen molar-refractivity contribution in [1.29, 1.82) is 0 Å². The average Bonchev–Trinajstić information content (AvgIpc) is 3.35. The molecule has 4 heterocycles. The number of hydrogen-bond acceptors (Lipinski definition) is 8. The van der Waals surface area contributed by atoms with Gasteiger partial charge in [-0.15, -0.1) is 5.10 Å². The van der Waals surface area contributed by atoms with Crippen molar-refractivity contribution >= 4 is 21.7 Å². The predicted octanol–water partition coefficient (Wildman–Crippen LogP) is 2.35. The number of hydrogen-bond donors (Lipinski definition) is 2. The summed E-state index contributed by atoms with van der Waals surface area (Å²) in [7, 11) is -3.72. The average molecular weight is 471 g/mol. The molecule has 0 bridgehead atoms. The van der Waals surface area contributed by atoms with Crippen LogP contribution >= 0.6 is 0 Å². The molecule has 10 nitrogen and oxygen atoms in total. The first-order chi connectivity index (χ1) is 16.0. The van der Waals surface area contributed by atoms with E-state index in [-0.39, 0.29) is 11.4 Å². The van der Waals surface area contributed by atoms with Gasteiger partial charge in [0.1, 0.15) is 16.5 Å². The highest BCUT2D eigenvalue weighted by Crippen LogP contribution is 2.21. The second-order valence-corrected chi connectivity index (χ2v) is 9.88. The lowest BCUT2D eigenvalue weighted by Crippen LogP contribution is -2.30. The van der Waals surface area contributed by atoms with Gasteiger partial charge in [0, 0.05) is 50.8 Å². The summed E-state index contributed by atoms with van der Waals surface area (Å²) in [5.41, 5.74) is 1.70. The van der Waals surface area contributed by atoms with Gasteiger partial charge in [0.25, 0.3) is 0 Å². The van der Waals surface area contributed by atoms with Gasteiger partial charge in [-0.25, -0.2) is 23.1 Å². The van der Waals surface area contributed by atoms with E-state index in [1.54, 1.807) is 29.2 Å². The second kappa shape index (κ2) is 10.7. The van der Waals surface area contributed by atoms with Crippen molar-refractivity contribution in [2.24, 2.45) is 0 Å². The summed E-state index contributed by atoms with van der Waals surface area (Å²) in [5.74, 6) is 1.32. The van der Waals surface area contributed by atoms with Crippen LogP contribution in [0.15, 0.2) is 47.8 Å². The maximum Gasteiger partial charge on any atom is 0.244 e. The van der Waals surface area contributed by atoms with E-state index in [1.807, 2.05) is 25.3 Å². The number of pyridine rings is 2. The number of aromatic nitrogens is 5. The number of aryl methyl sites for hydroxylation is 2. The predicted molar refractivity (Wildman–Crippen MR) is 126 cm³/mol. The van der Waals surface area contributed by atoms with Crippen LogP contribution in [0.2, 0.25) is 0 Å². The van der Waals surface area contributed by atoms with Gasteiger partial charge in [0.05, 0.1) is 6.20 Å². The Balaban J connectivity index is 1.37. The summed E-state index contributed by atoms with van der Waals surface area (Å²) in [4.78, 5) is 11.5. The van der Waals surface area contributed by atoms with E-state index in [1.165, 1.54) is 19.3 Å². The van der Waals surface area contributed by atoms with Gasteiger partial charge in [0.15, 0.2) is 0 Å². The largest absolute Gasteiger partial charge is 0.365 e. The summed E-state index contributed by atoms with van der Waals surface area (Å²) in [6.45, 7) is 5.23. The molecule has 4 rings (SSSR count). The minimum atomic E-state index is -3.72. The zero-order chi connectivity index (χ0) is 23.1. The number of anilines is 2. The molecule has 1 aliphatic rings. The highest BCUT2D eigenvalue weighted by molar-refractivity contribution is 7.89. The third kappa shape index (κ3) is 6.26. The number of rotatable bonds is 10. The summed E-state index contributed by atoms with van der Waals surface area (Å²) >= 11 is 0. The van der Waals surface area contributed by atoms with Gasteiger partial charge < -0.3 is 10.2 Å². The molecule has 0 aliphatic carbocycles. The normalized spacial score (nSPS) is 14.4. The molecule has 33 heavy (non-hydrogen) atoms. The lowest BCUT2D eigenvalue weighted by Gasteiger charge is -2.27. The van der Waals surface area contributed by atoms with Crippen LogP contribution in [0, 0.1) is 6.92 Å². The van der Waals surface area contributed by atoms with E-state index in [2.05, 4.69) is 35.2 Å². The van der Waals surface area contributed by atoms with Crippen molar-refractivity contribution in [3.05, 3.63) is 54.1 Å². The van der Waals surface area contributed by atoms with Crippen LogP contribution in [0.4, 0.5) is 11.6 Å². The molecule has 0 atom stereocenters. The van der Waals surface area contributed by atoms with E-state index >= 15 is 0 Å². The van der Waals surface area contributed by atoms with Crippen LogP contribution < -0.4 is 14.9 Å². The number of nitrogens with zero attached hydrogens (tertiary/aromatic N) is 6. The zero-order valence-corrected chi connectivity index (χ0v) is 19.6. The Bertz CT molecular complexity index is 1130. The molecule has 0 spiro atoms.